The molecule has 1 atom stereocenters. The Bertz CT molecular complexity index is 530. The summed E-state index contributed by atoms with van der Waals surface area (Å²) in [7, 11) is 1.56. The van der Waals surface area contributed by atoms with Gasteiger partial charge >= 0.3 is 0 Å². The minimum atomic E-state index is -0.792. The third-order valence-electron chi connectivity index (χ3n) is 4.31. The van der Waals surface area contributed by atoms with E-state index in [1.54, 1.807) is 7.11 Å². The topological polar surface area (TPSA) is 79.8 Å². The Morgan fingerprint density at radius 1 is 1.28 bits per heavy atom. The molecular formula is C18H29ClN2O4. The lowest BCUT2D eigenvalue weighted by Gasteiger charge is -2.35. The molecule has 7 heteroatoms. The Morgan fingerprint density at radius 3 is 2.40 bits per heavy atom. The van der Waals surface area contributed by atoms with Crippen LogP contribution in [0.15, 0.2) is 24.3 Å². The maximum absolute atomic E-state index is 12.5. The van der Waals surface area contributed by atoms with Gasteiger partial charge in [0, 0.05) is 13.7 Å². The Kier molecular flexibility index (Phi) is 8.65. The molecular weight excluding hydrogens is 344 g/mol. The first kappa shape index (κ1) is 21.7. The molecule has 6 nitrogen and oxygen atoms in total. The van der Waals surface area contributed by atoms with E-state index in [1.165, 1.54) is 0 Å². The van der Waals surface area contributed by atoms with Gasteiger partial charge in [0.15, 0.2) is 0 Å². The highest BCUT2D eigenvalue weighted by Crippen LogP contribution is 2.23. The van der Waals surface area contributed by atoms with Crippen molar-refractivity contribution in [2.75, 3.05) is 26.7 Å². The molecule has 0 aromatic heterocycles. The quantitative estimate of drug-likeness (QED) is 0.680. The van der Waals surface area contributed by atoms with E-state index in [9.17, 15) is 9.90 Å². The van der Waals surface area contributed by atoms with Gasteiger partial charge in [0.05, 0.1) is 12.2 Å². The number of ether oxygens (including phenoxy) is 2. The van der Waals surface area contributed by atoms with Crippen LogP contribution in [-0.4, -0.2) is 49.5 Å². The number of nitrogens with one attached hydrogen (secondary N) is 2. The van der Waals surface area contributed by atoms with Gasteiger partial charge in [-0.05, 0) is 57.5 Å². The average Bonchev–Trinajstić information content (AvgIpc) is 2.60. The van der Waals surface area contributed by atoms with E-state index in [1.807, 2.05) is 38.1 Å². The second-order valence-electron chi connectivity index (χ2n) is 6.41. The van der Waals surface area contributed by atoms with Gasteiger partial charge in [0.1, 0.15) is 11.4 Å². The summed E-state index contributed by atoms with van der Waals surface area (Å²) in [5, 5.41) is 16.3. The summed E-state index contributed by atoms with van der Waals surface area (Å²) in [5.41, 5.74) is -0.0527. The molecule has 1 aromatic rings. The number of carbonyl (C=O) groups is 1. The summed E-state index contributed by atoms with van der Waals surface area (Å²) in [6.45, 7) is 5.58. The first-order valence-corrected chi connectivity index (χ1v) is 8.46. The standard InChI is InChI=1S/C18H28N2O4.ClH/c1-13(2)24-15-6-4-14(5-7-15)16(21)12-20-17(22)18(23-3)8-10-19-11-9-18;/h4-7,13,16,19,21H,8-12H2,1-3H3,(H,20,22);1H. The Balaban J connectivity index is 0.00000312. The fourth-order valence-corrected chi connectivity index (χ4v) is 2.86. The van der Waals surface area contributed by atoms with Gasteiger partial charge in [-0.2, -0.15) is 0 Å². The number of methoxy groups -OCH3 is 1. The van der Waals surface area contributed by atoms with Crippen LogP contribution >= 0.6 is 12.4 Å². The van der Waals surface area contributed by atoms with Crippen LogP contribution in [0.5, 0.6) is 5.75 Å². The van der Waals surface area contributed by atoms with Crippen molar-refractivity contribution < 1.29 is 19.4 Å². The highest BCUT2D eigenvalue weighted by Gasteiger charge is 2.39. The molecule has 2 rings (SSSR count). The van der Waals surface area contributed by atoms with Crippen molar-refractivity contribution in [1.29, 1.82) is 0 Å². The summed E-state index contributed by atoms with van der Waals surface area (Å²) in [6.07, 6.45) is 0.604. The van der Waals surface area contributed by atoms with Crippen LogP contribution in [0.2, 0.25) is 0 Å². The summed E-state index contributed by atoms with van der Waals surface area (Å²) in [6, 6.07) is 7.27. The highest BCUT2D eigenvalue weighted by atomic mass is 35.5. The third kappa shape index (κ3) is 5.85. The van der Waals surface area contributed by atoms with Crippen LogP contribution in [-0.2, 0) is 9.53 Å². The molecule has 25 heavy (non-hydrogen) atoms. The van der Waals surface area contributed by atoms with Gasteiger partial charge in [-0.1, -0.05) is 12.1 Å². The average molecular weight is 373 g/mol. The number of aliphatic hydroxyl groups is 1. The van der Waals surface area contributed by atoms with Crippen molar-refractivity contribution in [2.45, 2.75) is 44.5 Å². The number of halogens is 1. The SMILES string of the molecule is COC1(C(=O)NCC(O)c2ccc(OC(C)C)cc2)CCNCC1.Cl. The molecule has 1 fully saturated rings. The minimum absolute atomic E-state index is 0. The zero-order chi connectivity index (χ0) is 17.6. The van der Waals surface area contributed by atoms with Crippen LogP contribution in [0.1, 0.15) is 38.4 Å². The zero-order valence-electron chi connectivity index (χ0n) is 15.1. The van der Waals surface area contributed by atoms with Gasteiger partial charge in [-0.15, -0.1) is 12.4 Å². The highest BCUT2D eigenvalue weighted by molar-refractivity contribution is 5.85. The summed E-state index contributed by atoms with van der Waals surface area (Å²) in [5.74, 6) is 0.600. The van der Waals surface area contributed by atoms with E-state index in [0.717, 1.165) is 24.4 Å². The van der Waals surface area contributed by atoms with Gasteiger partial charge in [-0.3, -0.25) is 4.79 Å². The van der Waals surface area contributed by atoms with E-state index in [2.05, 4.69) is 10.6 Å². The molecule has 1 unspecified atom stereocenters. The zero-order valence-corrected chi connectivity index (χ0v) is 15.9. The van der Waals surface area contributed by atoms with E-state index < -0.39 is 11.7 Å². The van der Waals surface area contributed by atoms with Crippen LogP contribution in [0.4, 0.5) is 0 Å². The summed E-state index contributed by atoms with van der Waals surface area (Å²) in [4.78, 5) is 12.5. The van der Waals surface area contributed by atoms with E-state index in [0.29, 0.717) is 12.8 Å². The van der Waals surface area contributed by atoms with Crippen LogP contribution in [0.25, 0.3) is 0 Å². The number of rotatable bonds is 7. The van der Waals surface area contributed by atoms with Crippen LogP contribution in [0.3, 0.4) is 0 Å². The molecule has 3 N–H and O–H groups in total. The van der Waals surface area contributed by atoms with Gasteiger partial charge in [0.25, 0.3) is 5.91 Å². The van der Waals surface area contributed by atoms with E-state index in [-0.39, 0.29) is 31.0 Å². The molecule has 1 aliphatic heterocycles. The van der Waals surface area contributed by atoms with Gasteiger partial charge in [0.2, 0.25) is 0 Å². The largest absolute Gasteiger partial charge is 0.491 e. The van der Waals surface area contributed by atoms with Crippen molar-refractivity contribution in [3.05, 3.63) is 29.8 Å². The second kappa shape index (κ2) is 9.97. The molecule has 1 amide bonds. The lowest BCUT2D eigenvalue weighted by atomic mass is 9.91. The molecule has 0 aliphatic carbocycles. The molecule has 1 aromatic carbocycles. The number of benzene rings is 1. The predicted molar refractivity (Wildman–Crippen MR) is 99.3 cm³/mol. The molecule has 142 valence electrons. The molecule has 1 aliphatic rings. The number of amides is 1. The normalized spacial score (nSPS) is 17.5. The van der Waals surface area contributed by atoms with Crippen molar-refractivity contribution in [2.24, 2.45) is 0 Å². The van der Waals surface area contributed by atoms with Gasteiger partial charge < -0.3 is 25.2 Å². The number of hydrogen-bond donors (Lipinski definition) is 3. The first-order chi connectivity index (χ1) is 11.5. The number of piperidine rings is 1. The Morgan fingerprint density at radius 2 is 1.88 bits per heavy atom. The second-order valence-corrected chi connectivity index (χ2v) is 6.41. The molecule has 0 radical (unpaired) electrons. The van der Waals surface area contributed by atoms with Crippen molar-refractivity contribution >= 4 is 18.3 Å². The monoisotopic (exact) mass is 372 g/mol. The van der Waals surface area contributed by atoms with Crippen LogP contribution in [0, 0.1) is 0 Å². The first-order valence-electron chi connectivity index (χ1n) is 8.46. The predicted octanol–water partition coefficient (Wildman–Crippen LogP) is 1.81. The van der Waals surface area contributed by atoms with Crippen molar-refractivity contribution in [3.63, 3.8) is 0 Å². The minimum Gasteiger partial charge on any atom is -0.491 e. The maximum atomic E-state index is 12.5. The molecule has 0 bridgehead atoms. The third-order valence-corrected chi connectivity index (χ3v) is 4.31. The van der Waals surface area contributed by atoms with Gasteiger partial charge in [-0.25, -0.2) is 0 Å². The molecule has 0 spiro atoms. The van der Waals surface area contributed by atoms with E-state index >= 15 is 0 Å². The smallest absolute Gasteiger partial charge is 0.252 e. The molecule has 0 saturated carbocycles. The number of hydrogen-bond acceptors (Lipinski definition) is 5. The molecule has 1 heterocycles. The van der Waals surface area contributed by atoms with E-state index in [4.69, 9.17) is 9.47 Å². The van der Waals surface area contributed by atoms with Crippen molar-refractivity contribution in [3.8, 4) is 5.75 Å². The lowest BCUT2D eigenvalue weighted by Crippen LogP contribution is -2.54. The summed E-state index contributed by atoms with van der Waals surface area (Å²) >= 11 is 0. The number of carbonyl (C=O) groups excluding carboxylic acids is 1. The fraction of sp³-hybridized carbons (Fsp3) is 0.611. The molecule has 1 saturated heterocycles. The van der Waals surface area contributed by atoms with Crippen LogP contribution < -0.4 is 15.4 Å². The maximum Gasteiger partial charge on any atom is 0.252 e. The Hall–Kier alpha value is -1.34. The lowest BCUT2D eigenvalue weighted by molar-refractivity contribution is -0.147. The number of aliphatic hydroxyl groups excluding tert-OH is 1. The fourth-order valence-electron chi connectivity index (χ4n) is 2.86. The summed E-state index contributed by atoms with van der Waals surface area (Å²) < 4.78 is 11.1. The Labute approximate surface area is 155 Å². The van der Waals surface area contributed by atoms with Crippen molar-refractivity contribution in [1.82, 2.24) is 10.6 Å².